The number of ether oxygens (including phenoxy) is 1. The third kappa shape index (κ3) is 5.81. The van der Waals surface area contributed by atoms with Gasteiger partial charge in [0.15, 0.2) is 0 Å². The number of rotatable bonds is 2. The molecule has 0 aliphatic carbocycles. The van der Waals surface area contributed by atoms with E-state index < -0.39 is 18.5 Å². The summed E-state index contributed by atoms with van der Waals surface area (Å²) in [6, 6.07) is 0. The third-order valence-corrected chi connectivity index (χ3v) is 0.523. The normalized spacial score (nSPS) is 7.80. The molecule has 54 valence electrons. The molecule has 3 N–H and O–H groups in total. The van der Waals surface area contributed by atoms with Crippen LogP contribution in [0, 0.1) is 0 Å². The minimum Gasteiger partial charge on any atom is -0.390 e. The van der Waals surface area contributed by atoms with Crippen LogP contribution in [0.25, 0.3) is 0 Å². The number of hydrogen-bond donors (Lipinski definition) is 2. The summed E-state index contributed by atoms with van der Waals surface area (Å²) in [5, 5.41) is 8.01. The van der Waals surface area contributed by atoms with Gasteiger partial charge in [0.25, 0.3) is 0 Å². The van der Waals surface area contributed by atoms with Gasteiger partial charge in [-0.05, 0) is 0 Å². The van der Waals surface area contributed by atoms with Crippen LogP contribution in [0.2, 0.25) is 0 Å². The molecular weight excluding hydrogens is 191 g/mol. The van der Waals surface area contributed by atoms with E-state index in [2.05, 4.69) is 4.74 Å². The Morgan fingerprint density at radius 2 is 1.90 bits per heavy atom. The predicted molar refractivity (Wildman–Crippen MR) is 27.2 cm³/mol. The number of esters is 2. The van der Waals surface area contributed by atoms with Crippen LogP contribution in [-0.2, 0) is 33.8 Å². The molecule has 0 fully saturated rings. The summed E-state index contributed by atoms with van der Waals surface area (Å²) in [6.45, 7) is -1.16. The molecule has 0 saturated heterocycles. The van der Waals surface area contributed by atoms with Gasteiger partial charge in [0.1, 0.15) is 6.61 Å². The molecule has 5 nitrogen and oxygen atoms in total. The maximum Gasteiger partial charge on any atom is 0.339 e. The fourth-order valence-corrected chi connectivity index (χ4v) is 0.201. The van der Waals surface area contributed by atoms with Crippen LogP contribution in [0.1, 0.15) is 0 Å². The summed E-state index contributed by atoms with van der Waals surface area (Å²) in [5.74, 6) is -1.82. The zero-order valence-corrected chi connectivity index (χ0v) is 8.34. The number of aliphatic hydroxyl groups is 1. The minimum absolute atomic E-state index is 0. The molecule has 0 unspecified atom stereocenters. The number of nitrogens with two attached hydrogens (primary N) is 1. The molecule has 0 saturated carbocycles. The van der Waals surface area contributed by atoms with E-state index in [1.165, 1.54) is 0 Å². The summed E-state index contributed by atoms with van der Waals surface area (Å²) >= 11 is 0. The van der Waals surface area contributed by atoms with E-state index in [1.807, 2.05) is 0 Å². The Hall–Kier alpha value is -0.317. The van der Waals surface area contributed by atoms with Crippen molar-refractivity contribution in [2.75, 3.05) is 13.2 Å². The van der Waals surface area contributed by atoms with Crippen molar-refractivity contribution in [1.29, 1.82) is 0 Å². The van der Waals surface area contributed by atoms with Gasteiger partial charge in [-0.3, -0.25) is 4.79 Å². The van der Waals surface area contributed by atoms with E-state index in [1.54, 1.807) is 0 Å². The average Bonchev–Trinajstić information content (AvgIpc) is 1.87. The Labute approximate surface area is 70.3 Å². The molecule has 0 aromatic carbocycles. The minimum atomic E-state index is -0.981. The van der Waals surface area contributed by atoms with Crippen molar-refractivity contribution in [1.82, 2.24) is 0 Å². The molecule has 0 spiro atoms. The molecule has 0 rings (SSSR count). The van der Waals surface area contributed by atoms with Gasteiger partial charge in [0, 0.05) is 19.5 Å². The van der Waals surface area contributed by atoms with Crippen molar-refractivity contribution >= 4 is 11.9 Å². The van der Waals surface area contributed by atoms with Gasteiger partial charge in [-0.2, -0.15) is 0 Å². The molecule has 0 radical (unpaired) electrons. The molecule has 0 bridgehead atoms. The van der Waals surface area contributed by atoms with Crippen LogP contribution in [0.4, 0.5) is 0 Å². The van der Waals surface area contributed by atoms with Gasteiger partial charge in [-0.1, -0.05) is 0 Å². The molecule has 0 aromatic heterocycles. The van der Waals surface area contributed by atoms with Crippen molar-refractivity contribution in [2.45, 2.75) is 0 Å². The van der Waals surface area contributed by atoms with Gasteiger partial charge >= 0.3 is 11.9 Å². The molecule has 0 aliphatic heterocycles. The molecular formula is C4H7NO4Zn. The van der Waals surface area contributed by atoms with E-state index >= 15 is 0 Å². The Kier molecular flexibility index (Phi) is 8.41. The van der Waals surface area contributed by atoms with Crippen LogP contribution in [-0.4, -0.2) is 30.2 Å². The standard InChI is InChI=1S/C4H7NO4.Zn/c5-1-3(7)9-4(8)2-6;/h6H,1-2,5H2;. The fraction of sp³-hybridized carbons (Fsp3) is 0.500. The molecule has 0 aliphatic rings. The monoisotopic (exact) mass is 197 g/mol. The first-order chi connectivity index (χ1) is 4.20. The van der Waals surface area contributed by atoms with E-state index in [9.17, 15) is 9.59 Å². The Balaban J connectivity index is 0. The summed E-state index contributed by atoms with van der Waals surface area (Å²) in [5.41, 5.74) is 4.77. The van der Waals surface area contributed by atoms with Crippen LogP contribution < -0.4 is 5.73 Å². The van der Waals surface area contributed by atoms with Crippen LogP contribution in [0.3, 0.4) is 0 Å². The summed E-state index contributed by atoms with van der Waals surface area (Å²) in [4.78, 5) is 20.1. The van der Waals surface area contributed by atoms with Crippen molar-refractivity contribution in [2.24, 2.45) is 5.73 Å². The van der Waals surface area contributed by atoms with E-state index in [4.69, 9.17) is 10.8 Å². The topological polar surface area (TPSA) is 89.6 Å². The van der Waals surface area contributed by atoms with Crippen molar-refractivity contribution in [3.05, 3.63) is 0 Å². The zero-order valence-electron chi connectivity index (χ0n) is 5.37. The first-order valence-corrected chi connectivity index (χ1v) is 2.25. The Morgan fingerprint density at radius 3 is 2.20 bits per heavy atom. The van der Waals surface area contributed by atoms with Gasteiger partial charge in [0.2, 0.25) is 0 Å². The van der Waals surface area contributed by atoms with Crippen LogP contribution >= 0.6 is 0 Å². The van der Waals surface area contributed by atoms with Gasteiger partial charge in [-0.15, -0.1) is 0 Å². The second-order valence-electron chi connectivity index (χ2n) is 1.21. The van der Waals surface area contributed by atoms with Gasteiger partial charge < -0.3 is 15.6 Å². The molecule has 0 heterocycles. The van der Waals surface area contributed by atoms with Crippen molar-refractivity contribution < 1.29 is 38.9 Å². The first kappa shape index (κ1) is 12.4. The average molecular weight is 198 g/mol. The SMILES string of the molecule is NCC(=O)OC(=O)CO.[Zn]. The van der Waals surface area contributed by atoms with E-state index in [0.29, 0.717) is 0 Å². The van der Waals surface area contributed by atoms with E-state index in [-0.39, 0.29) is 26.0 Å². The maximum absolute atomic E-state index is 10.1. The smallest absolute Gasteiger partial charge is 0.339 e. The number of carbonyl (C=O) groups excluding carboxylic acids is 2. The van der Waals surface area contributed by atoms with Crippen molar-refractivity contribution in [3.8, 4) is 0 Å². The molecule has 0 atom stereocenters. The molecule has 6 heteroatoms. The summed E-state index contributed by atoms with van der Waals surface area (Å²) < 4.78 is 3.90. The van der Waals surface area contributed by atoms with Gasteiger partial charge in [-0.25, -0.2) is 4.79 Å². The Morgan fingerprint density at radius 1 is 1.40 bits per heavy atom. The second-order valence-corrected chi connectivity index (χ2v) is 1.21. The Bertz CT molecular complexity index is 112. The quantitative estimate of drug-likeness (QED) is 0.304. The number of carbonyl (C=O) groups is 2. The first-order valence-electron chi connectivity index (χ1n) is 2.25. The van der Waals surface area contributed by atoms with Crippen LogP contribution in [0.15, 0.2) is 0 Å². The fourth-order valence-electron chi connectivity index (χ4n) is 0.201. The largest absolute Gasteiger partial charge is 0.390 e. The predicted octanol–water partition coefficient (Wildman–Crippen LogP) is -2.00. The van der Waals surface area contributed by atoms with Crippen molar-refractivity contribution in [3.63, 3.8) is 0 Å². The number of hydrogen-bond acceptors (Lipinski definition) is 5. The molecule has 10 heavy (non-hydrogen) atoms. The third-order valence-electron chi connectivity index (χ3n) is 0.523. The number of aliphatic hydroxyl groups excluding tert-OH is 1. The summed E-state index contributed by atoms with van der Waals surface area (Å²) in [7, 11) is 0. The van der Waals surface area contributed by atoms with Gasteiger partial charge in [0.05, 0.1) is 6.54 Å². The second kappa shape index (κ2) is 6.80. The molecule has 0 aromatic rings. The zero-order chi connectivity index (χ0) is 7.28. The molecule has 0 amide bonds. The van der Waals surface area contributed by atoms with Crippen LogP contribution in [0.5, 0.6) is 0 Å². The van der Waals surface area contributed by atoms with E-state index in [0.717, 1.165) is 0 Å². The maximum atomic E-state index is 10.1. The summed E-state index contributed by atoms with van der Waals surface area (Å²) in [6.07, 6.45) is 0.